The van der Waals surface area contributed by atoms with Crippen molar-refractivity contribution in [1.82, 2.24) is 10.2 Å². The Morgan fingerprint density at radius 1 is 0.833 bits per heavy atom. The van der Waals surface area contributed by atoms with Crippen LogP contribution in [-0.2, 0) is 38.8 Å². The van der Waals surface area contributed by atoms with Crippen molar-refractivity contribution in [3.8, 4) is 0 Å². The maximum atomic E-state index is 14.5. The second kappa shape index (κ2) is 15.9. The quantitative estimate of drug-likeness (QED) is 0.153. The molecule has 0 saturated carbocycles. The van der Waals surface area contributed by atoms with Gasteiger partial charge in [0.1, 0.15) is 12.6 Å². The number of alkyl halides is 3. The molecular formula is C35H34Cl2F3N3O4S. The molecule has 4 aromatic carbocycles. The molecule has 254 valence electrons. The molecule has 0 aliphatic carbocycles. The highest BCUT2D eigenvalue weighted by Gasteiger charge is 2.36. The number of nitrogens with one attached hydrogen (secondary N) is 1. The number of nitrogens with zero attached hydrogens (tertiary/aromatic N) is 2. The number of hydrogen-bond donors (Lipinski definition) is 1. The number of carbonyl (C=O) groups is 2. The lowest BCUT2D eigenvalue weighted by Crippen LogP contribution is -2.54. The molecule has 0 radical (unpaired) electrons. The van der Waals surface area contributed by atoms with E-state index in [1.807, 2.05) is 13.8 Å². The maximum Gasteiger partial charge on any atom is 0.416 e. The molecule has 13 heteroatoms. The third-order valence-electron chi connectivity index (χ3n) is 7.68. The van der Waals surface area contributed by atoms with Crippen LogP contribution in [0, 0.1) is 0 Å². The number of hydrogen-bond acceptors (Lipinski definition) is 4. The van der Waals surface area contributed by atoms with Crippen LogP contribution in [0.4, 0.5) is 18.9 Å². The van der Waals surface area contributed by atoms with Crippen LogP contribution in [0.2, 0.25) is 10.0 Å². The van der Waals surface area contributed by atoms with Gasteiger partial charge >= 0.3 is 6.18 Å². The van der Waals surface area contributed by atoms with Crippen molar-refractivity contribution >= 4 is 50.7 Å². The van der Waals surface area contributed by atoms with E-state index in [9.17, 15) is 31.2 Å². The lowest BCUT2D eigenvalue weighted by molar-refractivity contribution is -0.140. The molecule has 2 amide bonds. The molecule has 0 bridgehead atoms. The number of carbonyl (C=O) groups excluding carboxylic acids is 2. The van der Waals surface area contributed by atoms with Gasteiger partial charge in [0, 0.05) is 19.0 Å². The van der Waals surface area contributed by atoms with Gasteiger partial charge in [0.05, 0.1) is 26.2 Å². The third-order valence-corrected chi connectivity index (χ3v) is 10.2. The largest absolute Gasteiger partial charge is 0.416 e. The van der Waals surface area contributed by atoms with Crippen molar-refractivity contribution in [2.45, 2.75) is 56.4 Å². The summed E-state index contributed by atoms with van der Waals surface area (Å²) in [7, 11) is -4.58. The molecule has 0 fully saturated rings. The summed E-state index contributed by atoms with van der Waals surface area (Å²) in [5, 5.41) is 3.38. The summed E-state index contributed by atoms with van der Waals surface area (Å²) >= 11 is 12.4. The summed E-state index contributed by atoms with van der Waals surface area (Å²) in [4.78, 5) is 29.4. The lowest BCUT2D eigenvalue weighted by atomic mass is 10.0. The van der Waals surface area contributed by atoms with Crippen molar-refractivity contribution in [3.63, 3.8) is 0 Å². The van der Waals surface area contributed by atoms with Gasteiger partial charge in [0.15, 0.2) is 0 Å². The summed E-state index contributed by atoms with van der Waals surface area (Å²) in [6.07, 6.45) is -4.12. The molecular weight excluding hydrogens is 686 g/mol. The normalized spacial score (nSPS) is 13.0. The molecule has 1 N–H and O–H groups in total. The van der Waals surface area contributed by atoms with Gasteiger partial charge in [-0.2, -0.15) is 13.2 Å². The minimum Gasteiger partial charge on any atom is -0.352 e. The van der Waals surface area contributed by atoms with Gasteiger partial charge in [-0.1, -0.05) is 90.8 Å². The molecule has 4 aromatic rings. The molecule has 48 heavy (non-hydrogen) atoms. The van der Waals surface area contributed by atoms with Crippen molar-refractivity contribution in [2.75, 3.05) is 10.8 Å². The van der Waals surface area contributed by atoms with Gasteiger partial charge in [-0.25, -0.2) is 8.42 Å². The van der Waals surface area contributed by atoms with E-state index in [1.54, 1.807) is 42.5 Å². The molecule has 0 aliphatic heterocycles. The predicted molar refractivity (Wildman–Crippen MR) is 181 cm³/mol. The summed E-state index contributed by atoms with van der Waals surface area (Å²) in [5.41, 5.74) is -0.257. The zero-order valence-corrected chi connectivity index (χ0v) is 28.5. The van der Waals surface area contributed by atoms with E-state index < -0.39 is 46.2 Å². The first-order chi connectivity index (χ1) is 22.7. The standard InChI is InChI=1S/C35H34Cl2F3N3O4S/c1-3-24(2)41-34(45)32(20-25-11-6-4-7-12-25)42(22-26-17-18-30(36)31(37)19-26)33(44)23-43(48(46,47)29-15-8-5-9-16-29)28-14-10-13-27(21-28)35(38,39)40/h4-19,21,24,32H,3,20,22-23H2,1-2H3,(H,41,45)/t24-,32+/m0/s1. The Balaban J connectivity index is 1.85. The highest BCUT2D eigenvalue weighted by atomic mass is 35.5. The second-order valence-corrected chi connectivity index (χ2v) is 13.8. The SMILES string of the molecule is CC[C@H](C)NC(=O)[C@@H](Cc1ccccc1)N(Cc1ccc(Cl)c(Cl)c1)C(=O)CN(c1cccc(C(F)(F)F)c1)S(=O)(=O)c1ccccc1. The van der Waals surface area contributed by atoms with Gasteiger partial charge in [0.2, 0.25) is 11.8 Å². The Morgan fingerprint density at radius 2 is 1.48 bits per heavy atom. The minimum absolute atomic E-state index is 0.0607. The van der Waals surface area contributed by atoms with Crippen LogP contribution in [-0.4, -0.2) is 43.8 Å². The van der Waals surface area contributed by atoms with Gasteiger partial charge in [-0.15, -0.1) is 0 Å². The first-order valence-electron chi connectivity index (χ1n) is 15.0. The topological polar surface area (TPSA) is 86.8 Å². The molecule has 0 aromatic heterocycles. The van der Waals surface area contributed by atoms with Crippen LogP contribution >= 0.6 is 23.2 Å². The zero-order valence-electron chi connectivity index (χ0n) is 26.1. The first-order valence-corrected chi connectivity index (χ1v) is 17.2. The third kappa shape index (κ3) is 9.30. The molecule has 0 saturated heterocycles. The average molecular weight is 721 g/mol. The van der Waals surface area contributed by atoms with Crippen LogP contribution in [0.25, 0.3) is 0 Å². The number of halogens is 5. The van der Waals surface area contributed by atoms with Crippen LogP contribution in [0.3, 0.4) is 0 Å². The second-order valence-electron chi connectivity index (χ2n) is 11.2. The van der Waals surface area contributed by atoms with Crippen molar-refractivity contribution in [2.24, 2.45) is 0 Å². The van der Waals surface area contributed by atoms with Crippen LogP contribution < -0.4 is 9.62 Å². The van der Waals surface area contributed by atoms with Crippen molar-refractivity contribution < 1.29 is 31.2 Å². The fourth-order valence-electron chi connectivity index (χ4n) is 4.92. The van der Waals surface area contributed by atoms with Gasteiger partial charge in [-0.05, 0) is 66.9 Å². The number of anilines is 1. The number of benzene rings is 4. The summed E-state index contributed by atoms with van der Waals surface area (Å²) in [5.74, 6) is -1.32. The Bertz CT molecular complexity index is 1830. The highest BCUT2D eigenvalue weighted by Crippen LogP contribution is 2.33. The van der Waals surface area contributed by atoms with E-state index in [4.69, 9.17) is 23.2 Å². The van der Waals surface area contributed by atoms with E-state index in [-0.39, 0.29) is 39.6 Å². The van der Waals surface area contributed by atoms with Crippen LogP contribution in [0.15, 0.2) is 108 Å². The van der Waals surface area contributed by atoms with Crippen LogP contribution in [0.1, 0.15) is 37.0 Å². The monoisotopic (exact) mass is 719 g/mol. The smallest absolute Gasteiger partial charge is 0.352 e. The Labute approximate surface area is 288 Å². The molecule has 0 heterocycles. The average Bonchev–Trinajstić information content (AvgIpc) is 3.07. The van der Waals surface area contributed by atoms with Gasteiger partial charge < -0.3 is 10.2 Å². The number of amides is 2. The fourth-order valence-corrected chi connectivity index (χ4v) is 6.66. The molecule has 2 atom stereocenters. The molecule has 0 spiro atoms. The van der Waals surface area contributed by atoms with Gasteiger partial charge in [-0.3, -0.25) is 13.9 Å². The van der Waals surface area contributed by atoms with E-state index in [1.165, 1.54) is 47.4 Å². The summed E-state index contributed by atoms with van der Waals surface area (Å²) < 4.78 is 70.0. The van der Waals surface area contributed by atoms with Crippen LogP contribution in [0.5, 0.6) is 0 Å². The maximum absolute atomic E-state index is 14.5. The lowest BCUT2D eigenvalue weighted by Gasteiger charge is -2.34. The molecule has 7 nitrogen and oxygen atoms in total. The zero-order chi connectivity index (χ0) is 35.1. The Morgan fingerprint density at radius 3 is 2.08 bits per heavy atom. The molecule has 0 aliphatic rings. The van der Waals surface area contributed by atoms with E-state index >= 15 is 0 Å². The first kappa shape index (κ1) is 36.8. The van der Waals surface area contributed by atoms with E-state index in [2.05, 4.69) is 5.32 Å². The summed E-state index contributed by atoms with van der Waals surface area (Å²) in [6.45, 7) is 2.59. The minimum atomic E-state index is -4.78. The summed E-state index contributed by atoms with van der Waals surface area (Å²) in [6, 6.07) is 23.0. The van der Waals surface area contributed by atoms with Crippen molar-refractivity contribution in [3.05, 3.63) is 130 Å². The van der Waals surface area contributed by atoms with E-state index in [0.29, 0.717) is 22.4 Å². The van der Waals surface area contributed by atoms with E-state index in [0.717, 1.165) is 17.7 Å². The van der Waals surface area contributed by atoms with Gasteiger partial charge in [0.25, 0.3) is 10.0 Å². The predicted octanol–water partition coefficient (Wildman–Crippen LogP) is 7.76. The Kier molecular flexibility index (Phi) is 12.2. The van der Waals surface area contributed by atoms with Crippen molar-refractivity contribution in [1.29, 1.82) is 0 Å². The molecule has 0 unspecified atom stereocenters. The highest BCUT2D eigenvalue weighted by molar-refractivity contribution is 7.92. The number of rotatable bonds is 13. The number of sulfonamides is 1. The molecule has 4 rings (SSSR count). The fraction of sp³-hybridized carbons (Fsp3) is 0.257. The Hall–Kier alpha value is -4.06.